The Hall–Kier alpha value is -6.04. The second-order valence-corrected chi connectivity index (χ2v) is 12.5. The van der Waals surface area contributed by atoms with Crippen molar-refractivity contribution >= 4 is 42.4 Å². The van der Waals surface area contributed by atoms with Gasteiger partial charge in [-0.25, -0.2) is 9.97 Å². The van der Waals surface area contributed by atoms with Crippen LogP contribution in [-0.4, -0.2) is 19.9 Å². The van der Waals surface area contributed by atoms with Gasteiger partial charge in [0, 0.05) is 43.5 Å². The van der Waals surface area contributed by atoms with Crippen LogP contribution >= 0.6 is 11.3 Å². The van der Waals surface area contributed by atoms with Gasteiger partial charge in [-0.15, -0.1) is 11.3 Å². The van der Waals surface area contributed by atoms with Crippen LogP contribution in [0.4, 0.5) is 0 Å². The van der Waals surface area contributed by atoms with Crippen LogP contribution in [-0.2, 0) is 0 Å². The fourth-order valence-corrected chi connectivity index (χ4v) is 7.53. The average molecular weight is 619 g/mol. The van der Waals surface area contributed by atoms with E-state index in [0.717, 1.165) is 61.8 Å². The second-order valence-electron chi connectivity index (χ2n) is 11.5. The Bertz CT molecular complexity index is 2490. The number of hydrogen-bond donors (Lipinski definition) is 0. The lowest BCUT2D eigenvalue weighted by Gasteiger charge is -2.11. The van der Waals surface area contributed by atoms with Crippen molar-refractivity contribution in [1.82, 2.24) is 19.9 Å². The number of hydrogen-bond acceptors (Lipinski definition) is 5. The fourth-order valence-electron chi connectivity index (χ4n) is 6.29. The van der Waals surface area contributed by atoms with E-state index < -0.39 is 0 Å². The van der Waals surface area contributed by atoms with Crippen molar-refractivity contribution in [2.45, 2.75) is 0 Å². The summed E-state index contributed by atoms with van der Waals surface area (Å²) in [5, 5.41) is 3.67. The third-order valence-electron chi connectivity index (χ3n) is 8.59. The standard InChI is InChI=1S/C42H26N4S/c1-2-10-29(11-3-1)41-40-33-12-4-5-15-39(33)47-42(40)32-21-20-30(24-36(32)46-41)27-16-18-28(19-17-27)31-25-37(34-13-6-8-22-43-34)45-38(26-31)35-14-7-9-23-44-35/h1-26H. The van der Waals surface area contributed by atoms with Crippen molar-refractivity contribution in [3.8, 4) is 56.3 Å². The first kappa shape index (κ1) is 27.3. The molecule has 4 aromatic carbocycles. The lowest BCUT2D eigenvalue weighted by Crippen LogP contribution is -1.94. The molecule has 0 bridgehead atoms. The van der Waals surface area contributed by atoms with Gasteiger partial charge in [0.2, 0.25) is 0 Å². The SMILES string of the molecule is c1ccc(-c2nc3cc(-c4ccc(-c5cc(-c6ccccn6)nc(-c6ccccn6)c5)cc4)ccc3c3sc4ccccc4c23)cc1. The number of nitrogens with zero attached hydrogens (tertiary/aromatic N) is 4. The number of thiophene rings is 1. The van der Waals surface area contributed by atoms with E-state index in [4.69, 9.17) is 9.97 Å². The Morgan fingerprint density at radius 1 is 0.404 bits per heavy atom. The van der Waals surface area contributed by atoms with Crippen LogP contribution < -0.4 is 0 Å². The van der Waals surface area contributed by atoms with Crippen LogP contribution in [0.2, 0.25) is 0 Å². The van der Waals surface area contributed by atoms with Crippen molar-refractivity contribution in [1.29, 1.82) is 0 Å². The minimum Gasteiger partial charge on any atom is -0.255 e. The Morgan fingerprint density at radius 3 is 1.70 bits per heavy atom. The molecule has 9 rings (SSSR count). The van der Waals surface area contributed by atoms with Crippen LogP contribution in [0.15, 0.2) is 158 Å². The highest BCUT2D eigenvalue weighted by atomic mass is 32.1. The molecule has 0 aliphatic heterocycles. The number of rotatable bonds is 5. The lowest BCUT2D eigenvalue weighted by atomic mass is 9.97. The molecule has 0 atom stereocenters. The monoisotopic (exact) mass is 618 g/mol. The van der Waals surface area contributed by atoms with E-state index in [1.54, 1.807) is 12.4 Å². The lowest BCUT2D eigenvalue weighted by molar-refractivity contribution is 1.22. The third kappa shape index (κ3) is 4.94. The second kappa shape index (κ2) is 11.4. The van der Waals surface area contributed by atoms with Gasteiger partial charge < -0.3 is 0 Å². The Kier molecular flexibility index (Phi) is 6.61. The molecule has 5 aromatic heterocycles. The van der Waals surface area contributed by atoms with E-state index in [-0.39, 0.29) is 0 Å². The summed E-state index contributed by atoms with van der Waals surface area (Å²) in [5.74, 6) is 0. The molecule has 0 fully saturated rings. The van der Waals surface area contributed by atoms with Gasteiger partial charge in [-0.2, -0.15) is 0 Å². The molecule has 0 aliphatic rings. The first-order valence-electron chi connectivity index (χ1n) is 15.5. The normalized spacial score (nSPS) is 11.4. The highest BCUT2D eigenvalue weighted by Gasteiger charge is 2.17. The molecule has 9 aromatic rings. The van der Waals surface area contributed by atoms with E-state index >= 15 is 0 Å². The molecule has 0 saturated heterocycles. The van der Waals surface area contributed by atoms with Gasteiger partial charge in [-0.05, 0) is 70.8 Å². The van der Waals surface area contributed by atoms with Crippen LogP contribution in [0.1, 0.15) is 0 Å². The number of benzene rings is 4. The van der Waals surface area contributed by atoms with Crippen molar-refractivity contribution < 1.29 is 0 Å². The number of aromatic nitrogens is 4. The zero-order valence-electron chi connectivity index (χ0n) is 25.2. The summed E-state index contributed by atoms with van der Waals surface area (Å²) in [7, 11) is 0. The molecular formula is C42H26N4S. The quantitative estimate of drug-likeness (QED) is 0.193. The highest BCUT2D eigenvalue weighted by Crippen LogP contribution is 2.43. The molecular weight excluding hydrogens is 593 g/mol. The molecule has 47 heavy (non-hydrogen) atoms. The van der Waals surface area contributed by atoms with Gasteiger partial charge in [0.15, 0.2) is 0 Å². The fraction of sp³-hybridized carbons (Fsp3) is 0. The maximum atomic E-state index is 5.31. The summed E-state index contributed by atoms with van der Waals surface area (Å²) >= 11 is 1.85. The average Bonchev–Trinajstić information content (AvgIpc) is 3.55. The van der Waals surface area contributed by atoms with Gasteiger partial charge in [0.25, 0.3) is 0 Å². The van der Waals surface area contributed by atoms with Gasteiger partial charge in [0.05, 0.1) is 34.0 Å². The van der Waals surface area contributed by atoms with Gasteiger partial charge in [-0.3, -0.25) is 9.97 Å². The van der Waals surface area contributed by atoms with Crippen molar-refractivity contribution in [2.24, 2.45) is 0 Å². The molecule has 5 heterocycles. The first-order valence-corrected chi connectivity index (χ1v) is 16.4. The minimum absolute atomic E-state index is 0.815. The molecule has 4 nitrogen and oxygen atoms in total. The maximum absolute atomic E-state index is 5.31. The van der Waals surface area contributed by atoms with Crippen molar-refractivity contribution in [3.63, 3.8) is 0 Å². The topological polar surface area (TPSA) is 51.6 Å². The Morgan fingerprint density at radius 2 is 1.02 bits per heavy atom. The summed E-state index contributed by atoms with van der Waals surface area (Å²) in [4.78, 5) is 19.4. The van der Waals surface area contributed by atoms with E-state index in [2.05, 4.69) is 119 Å². The predicted molar refractivity (Wildman–Crippen MR) is 195 cm³/mol. The van der Waals surface area contributed by atoms with E-state index in [1.807, 2.05) is 47.7 Å². The number of pyridine rings is 4. The van der Waals surface area contributed by atoms with Crippen molar-refractivity contribution in [2.75, 3.05) is 0 Å². The molecule has 0 amide bonds. The molecule has 0 aliphatic carbocycles. The molecule has 0 radical (unpaired) electrons. The van der Waals surface area contributed by atoms with E-state index in [0.29, 0.717) is 0 Å². The summed E-state index contributed by atoms with van der Waals surface area (Å²) in [6.45, 7) is 0. The Balaban J connectivity index is 1.15. The zero-order chi connectivity index (χ0) is 31.2. The molecule has 0 spiro atoms. The third-order valence-corrected chi connectivity index (χ3v) is 9.79. The molecule has 0 N–H and O–H groups in total. The van der Waals surface area contributed by atoms with Crippen molar-refractivity contribution in [3.05, 3.63) is 158 Å². The van der Waals surface area contributed by atoms with E-state index in [1.165, 1.54) is 25.6 Å². The molecule has 5 heteroatoms. The smallest absolute Gasteiger partial charge is 0.0900 e. The molecule has 220 valence electrons. The minimum atomic E-state index is 0.815. The van der Waals surface area contributed by atoms with Crippen LogP contribution in [0, 0.1) is 0 Å². The zero-order valence-corrected chi connectivity index (χ0v) is 26.0. The summed E-state index contributed by atoms with van der Waals surface area (Å²) in [6, 6.07) is 50.6. The summed E-state index contributed by atoms with van der Waals surface area (Å²) in [5.41, 5.74) is 10.9. The first-order chi connectivity index (χ1) is 23.3. The summed E-state index contributed by atoms with van der Waals surface area (Å²) in [6.07, 6.45) is 3.60. The molecule has 0 saturated carbocycles. The largest absolute Gasteiger partial charge is 0.255 e. The van der Waals surface area contributed by atoms with Gasteiger partial charge >= 0.3 is 0 Å². The van der Waals surface area contributed by atoms with Crippen LogP contribution in [0.25, 0.3) is 87.4 Å². The van der Waals surface area contributed by atoms with Gasteiger partial charge in [0.1, 0.15) is 0 Å². The number of fused-ring (bicyclic) bond motifs is 5. The van der Waals surface area contributed by atoms with E-state index in [9.17, 15) is 0 Å². The summed E-state index contributed by atoms with van der Waals surface area (Å²) < 4.78 is 2.56. The van der Waals surface area contributed by atoms with Crippen LogP contribution in [0.5, 0.6) is 0 Å². The predicted octanol–water partition coefficient (Wildman–Crippen LogP) is 11.1. The van der Waals surface area contributed by atoms with Crippen LogP contribution in [0.3, 0.4) is 0 Å². The maximum Gasteiger partial charge on any atom is 0.0900 e. The van der Waals surface area contributed by atoms with Gasteiger partial charge in [-0.1, -0.05) is 97.1 Å². The Labute approximate surface area is 275 Å². The highest BCUT2D eigenvalue weighted by molar-refractivity contribution is 7.26. The molecule has 0 unspecified atom stereocenters.